The van der Waals surface area contributed by atoms with Crippen LogP contribution in [0.1, 0.15) is 42.5 Å². The fourth-order valence-electron chi connectivity index (χ4n) is 5.22. The summed E-state index contributed by atoms with van der Waals surface area (Å²) in [5.41, 5.74) is 1.32. The average molecular weight is 576 g/mol. The van der Waals surface area contributed by atoms with Gasteiger partial charge in [0, 0.05) is 57.9 Å². The van der Waals surface area contributed by atoms with E-state index in [4.69, 9.17) is 16.6 Å². The minimum absolute atomic E-state index is 0.0540. The Morgan fingerprint density at radius 3 is 2.47 bits per heavy atom. The highest BCUT2D eigenvalue weighted by atomic mass is 35.5. The van der Waals surface area contributed by atoms with Crippen LogP contribution in [0.5, 0.6) is 0 Å². The van der Waals surface area contributed by atoms with Gasteiger partial charge in [-0.15, -0.1) is 0 Å². The number of piperazine rings is 1. The highest BCUT2D eigenvalue weighted by Gasteiger charge is 2.29. The predicted octanol–water partition coefficient (Wildman–Crippen LogP) is 4.45. The van der Waals surface area contributed by atoms with Crippen molar-refractivity contribution in [2.75, 3.05) is 51.2 Å². The fourth-order valence-corrected chi connectivity index (χ4v) is 7.95. The number of thiazole rings is 1. The van der Waals surface area contributed by atoms with Crippen LogP contribution in [0.25, 0.3) is 10.2 Å². The van der Waals surface area contributed by atoms with Crippen molar-refractivity contribution in [2.45, 2.75) is 43.0 Å². The van der Waals surface area contributed by atoms with Gasteiger partial charge in [0.05, 0.1) is 14.6 Å². The van der Waals surface area contributed by atoms with Crippen molar-refractivity contribution in [3.63, 3.8) is 0 Å². The Morgan fingerprint density at radius 1 is 1.08 bits per heavy atom. The van der Waals surface area contributed by atoms with E-state index in [0.29, 0.717) is 17.1 Å². The summed E-state index contributed by atoms with van der Waals surface area (Å²) in [6.45, 7) is 4.80. The van der Waals surface area contributed by atoms with Gasteiger partial charge < -0.3 is 10.2 Å². The van der Waals surface area contributed by atoms with Gasteiger partial charge in [-0.3, -0.25) is 9.69 Å². The zero-order valence-electron chi connectivity index (χ0n) is 21.6. The summed E-state index contributed by atoms with van der Waals surface area (Å²) in [6, 6.07) is 12.2. The molecule has 1 N–H and O–H groups in total. The van der Waals surface area contributed by atoms with Gasteiger partial charge in [0.15, 0.2) is 5.13 Å². The smallest absolute Gasteiger partial charge is 0.251 e. The molecule has 2 fully saturated rings. The molecule has 1 aromatic heterocycles. The van der Waals surface area contributed by atoms with Crippen LogP contribution in [-0.2, 0) is 10.0 Å². The van der Waals surface area contributed by atoms with Gasteiger partial charge >= 0.3 is 0 Å². The van der Waals surface area contributed by atoms with Crippen molar-refractivity contribution in [3.05, 3.63) is 53.1 Å². The Morgan fingerprint density at radius 2 is 1.79 bits per heavy atom. The minimum atomic E-state index is -3.57. The molecule has 0 unspecified atom stereocenters. The third kappa shape index (κ3) is 5.99. The van der Waals surface area contributed by atoms with E-state index in [1.54, 1.807) is 30.5 Å². The number of sulfonamides is 1. The Bertz CT molecular complexity index is 1370. The molecule has 5 rings (SSSR count). The summed E-state index contributed by atoms with van der Waals surface area (Å²) in [4.78, 5) is 22.2. The number of carbonyl (C=O) groups excluding carboxylic acids is 1. The molecule has 2 aliphatic rings. The van der Waals surface area contributed by atoms with E-state index < -0.39 is 10.0 Å². The zero-order chi connectivity index (χ0) is 26.7. The Balaban J connectivity index is 1.08. The number of halogens is 1. The van der Waals surface area contributed by atoms with Crippen molar-refractivity contribution in [2.24, 2.45) is 0 Å². The molecule has 0 radical (unpaired) electrons. The molecule has 8 nitrogen and oxygen atoms in total. The lowest BCUT2D eigenvalue weighted by atomic mass is 9.96. The van der Waals surface area contributed by atoms with E-state index in [1.165, 1.54) is 22.9 Å². The Hall–Kier alpha value is -2.24. The lowest BCUT2D eigenvalue weighted by Gasteiger charge is -2.34. The Kier molecular flexibility index (Phi) is 8.54. The second-order valence-electron chi connectivity index (χ2n) is 10.0. The van der Waals surface area contributed by atoms with Crippen LogP contribution in [0.3, 0.4) is 0 Å². The first-order chi connectivity index (χ1) is 18.3. The van der Waals surface area contributed by atoms with Crippen molar-refractivity contribution < 1.29 is 13.2 Å². The van der Waals surface area contributed by atoms with Gasteiger partial charge in [0.1, 0.15) is 5.52 Å². The molecule has 1 aliphatic heterocycles. The maximum atomic E-state index is 13.0. The van der Waals surface area contributed by atoms with Crippen LogP contribution < -0.4 is 10.2 Å². The number of nitrogens with one attached hydrogen (secondary N) is 1. The normalized spacial score (nSPS) is 17.8. The first-order valence-electron chi connectivity index (χ1n) is 13.2. The monoisotopic (exact) mass is 575 g/mol. The highest BCUT2D eigenvalue weighted by Crippen LogP contribution is 2.33. The molecule has 38 heavy (non-hydrogen) atoms. The molecule has 3 aromatic rings. The van der Waals surface area contributed by atoms with Gasteiger partial charge in [0.2, 0.25) is 10.0 Å². The van der Waals surface area contributed by atoms with Gasteiger partial charge in [-0.1, -0.05) is 48.3 Å². The fraction of sp³-hybridized carbons (Fsp3) is 0.481. The van der Waals surface area contributed by atoms with Crippen molar-refractivity contribution in [1.29, 1.82) is 0 Å². The van der Waals surface area contributed by atoms with E-state index >= 15 is 0 Å². The maximum Gasteiger partial charge on any atom is 0.251 e. The first kappa shape index (κ1) is 27.3. The summed E-state index contributed by atoms with van der Waals surface area (Å²) in [5, 5.41) is 4.65. The number of hydrogen-bond donors (Lipinski definition) is 1. The minimum Gasteiger partial charge on any atom is -0.351 e. The summed E-state index contributed by atoms with van der Waals surface area (Å²) < 4.78 is 28.7. The van der Waals surface area contributed by atoms with E-state index in [1.807, 2.05) is 18.2 Å². The molecule has 2 aromatic carbocycles. The standard InChI is InChI=1S/C27H34ClN5O3S2/c1-31(21-6-3-2-4-7-21)38(35,36)22-12-10-20(11-13-22)26(34)29-14-15-32-16-18-33(19-17-32)27-30-25-23(28)8-5-9-24(25)37-27/h5,8-13,21H,2-4,6-7,14-19H2,1H3,(H,29,34). The number of para-hydroxylation sites is 1. The first-order valence-corrected chi connectivity index (χ1v) is 15.8. The molecule has 0 spiro atoms. The maximum absolute atomic E-state index is 13.0. The molecule has 1 amide bonds. The van der Waals surface area contributed by atoms with Crippen LogP contribution in [0, 0.1) is 0 Å². The Labute approximate surface area is 233 Å². The second kappa shape index (κ2) is 11.9. The number of rotatable bonds is 8. The van der Waals surface area contributed by atoms with Crippen LogP contribution >= 0.6 is 22.9 Å². The van der Waals surface area contributed by atoms with Crippen LogP contribution in [0.2, 0.25) is 5.02 Å². The van der Waals surface area contributed by atoms with Crippen molar-refractivity contribution in [3.8, 4) is 0 Å². The van der Waals surface area contributed by atoms with Gasteiger partial charge in [0.25, 0.3) is 5.91 Å². The number of nitrogens with zero attached hydrogens (tertiary/aromatic N) is 4. The molecule has 1 saturated heterocycles. The molecule has 1 aliphatic carbocycles. The molecular formula is C27H34ClN5O3S2. The summed E-state index contributed by atoms with van der Waals surface area (Å²) >= 11 is 7.95. The number of aromatic nitrogens is 1. The van der Waals surface area contributed by atoms with Gasteiger partial charge in [-0.25, -0.2) is 13.4 Å². The summed E-state index contributed by atoms with van der Waals surface area (Å²) in [7, 11) is -1.90. The summed E-state index contributed by atoms with van der Waals surface area (Å²) in [5.74, 6) is -0.195. The molecule has 1 saturated carbocycles. The van der Waals surface area contributed by atoms with Crippen molar-refractivity contribution in [1.82, 2.24) is 19.5 Å². The van der Waals surface area contributed by atoms with E-state index in [2.05, 4.69) is 15.1 Å². The number of amides is 1. The largest absolute Gasteiger partial charge is 0.351 e. The molecule has 2 heterocycles. The molecule has 0 atom stereocenters. The van der Waals surface area contributed by atoms with Crippen LogP contribution in [0.4, 0.5) is 5.13 Å². The molecule has 204 valence electrons. The lowest BCUT2D eigenvalue weighted by molar-refractivity contribution is 0.0947. The lowest BCUT2D eigenvalue weighted by Crippen LogP contribution is -2.48. The molecule has 0 bridgehead atoms. The number of carbonyl (C=O) groups is 1. The zero-order valence-corrected chi connectivity index (χ0v) is 24.0. The van der Waals surface area contributed by atoms with E-state index in [-0.39, 0.29) is 16.8 Å². The quantitative estimate of drug-likeness (QED) is 0.427. The van der Waals surface area contributed by atoms with E-state index in [9.17, 15) is 13.2 Å². The van der Waals surface area contributed by atoms with Gasteiger partial charge in [-0.2, -0.15) is 4.31 Å². The number of benzene rings is 2. The van der Waals surface area contributed by atoms with Crippen LogP contribution in [0.15, 0.2) is 47.4 Å². The highest BCUT2D eigenvalue weighted by molar-refractivity contribution is 7.89. The number of hydrogen-bond acceptors (Lipinski definition) is 7. The third-order valence-electron chi connectivity index (χ3n) is 7.60. The number of fused-ring (bicyclic) bond motifs is 1. The average Bonchev–Trinajstić information content (AvgIpc) is 3.39. The van der Waals surface area contributed by atoms with Crippen molar-refractivity contribution >= 4 is 54.2 Å². The van der Waals surface area contributed by atoms with Gasteiger partial charge in [-0.05, 0) is 49.2 Å². The number of anilines is 1. The van der Waals surface area contributed by atoms with Crippen LogP contribution in [-0.4, -0.2) is 80.9 Å². The predicted molar refractivity (Wildman–Crippen MR) is 154 cm³/mol. The SMILES string of the molecule is CN(C1CCCCC1)S(=O)(=O)c1ccc(C(=O)NCCN2CCN(c3nc4c(Cl)cccc4s3)CC2)cc1. The van der Waals surface area contributed by atoms with E-state index in [0.717, 1.165) is 73.8 Å². The molecular weight excluding hydrogens is 542 g/mol. The second-order valence-corrected chi connectivity index (χ2v) is 13.4. The third-order valence-corrected chi connectivity index (χ3v) is 10.9. The summed E-state index contributed by atoms with van der Waals surface area (Å²) in [6.07, 6.45) is 5.12. The topological polar surface area (TPSA) is 85.8 Å². The molecule has 11 heteroatoms.